The Bertz CT molecular complexity index is 720. The topological polar surface area (TPSA) is 55.4 Å². The Kier molecular flexibility index (Phi) is 5.03. The first-order valence-electron chi connectivity index (χ1n) is 6.64. The van der Waals surface area contributed by atoms with Gasteiger partial charge in [-0.25, -0.2) is 13.1 Å². The van der Waals surface area contributed by atoms with E-state index in [0.29, 0.717) is 10.8 Å². The first-order chi connectivity index (χ1) is 9.88. The van der Waals surface area contributed by atoms with Crippen molar-refractivity contribution in [1.29, 1.82) is 0 Å². The van der Waals surface area contributed by atoms with Gasteiger partial charge in [-0.1, -0.05) is 6.07 Å². The summed E-state index contributed by atoms with van der Waals surface area (Å²) in [6.07, 6.45) is 0. The van der Waals surface area contributed by atoms with Gasteiger partial charge in [-0.2, -0.15) is 0 Å². The molecule has 0 saturated heterocycles. The molecule has 2 aromatic rings. The maximum Gasteiger partial charge on any atom is 0.250 e. The summed E-state index contributed by atoms with van der Waals surface area (Å²) < 4.78 is 32.4. The summed E-state index contributed by atoms with van der Waals surface area (Å²) in [6, 6.07) is 9.24. The van der Waals surface area contributed by atoms with Gasteiger partial charge in [0.15, 0.2) is 0 Å². The number of thiophene rings is 1. The molecule has 4 nitrogen and oxygen atoms in total. The molecular formula is C15H19NO3S2. The molecule has 1 N–H and O–H groups in total. The van der Waals surface area contributed by atoms with Crippen LogP contribution in [0.2, 0.25) is 0 Å². The minimum atomic E-state index is -3.42. The van der Waals surface area contributed by atoms with E-state index < -0.39 is 10.0 Å². The van der Waals surface area contributed by atoms with Crippen LogP contribution in [0, 0.1) is 20.8 Å². The van der Waals surface area contributed by atoms with Crippen molar-refractivity contribution in [2.45, 2.75) is 25.0 Å². The van der Waals surface area contributed by atoms with Crippen LogP contribution < -0.4 is 9.46 Å². The van der Waals surface area contributed by atoms with Crippen molar-refractivity contribution in [3.05, 3.63) is 46.3 Å². The summed E-state index contributed by atoms with van der Waals surface area (Å²) in [6.45, 7) is 6.48. The molecule has 0 aliphatic rings. The lowest BCUT2D eigenvalue weighted by molar-refractivity contribution is 0.322. The Hall–Kier alpha value is -1.37. The van der Waals surface area contributed by atoms with Crippen LogP contribution in [0.15, 0.2) is 34.5 Å². The van der Waals surface area contributed by atoms with E-state index in [0.717, 1.165) is 16.2 Å². The van der Waals surface area contributed by atoms with E-state index in [9.17, 15) is 8.42 Å². The largest absolute Gasteiger partial charge is 0.492 e. The van der Waals surface area contributed by atoms with Gasteiger partial charge in [0.2, 0.25) is 10.0 Å². The maximum absolute atomic E-state index is 12.0. The maximum atomic E-state index is 12.0. The van der Waals surface area contributed by atoms with E-state index >= 15 is 0 Å². The van der Waals surface area contributed by atoms with E-state index in [1.54, 1.807) is 12.1 Å². The molecule has 21 heavy (non-hydrogen) atoms. The van der Waals surface area contributed by atoms with Crippen molar-refractivity contribution in [2.24, 2.45) is 0 Å². The molecule has 1 heterocycles. The fourth-order valence-electron chi connectivity index (χ4n) is 1.78. The highest BCUT2D eigenvalue weighted by molar-refractivity contribution is 7.91. The van der Waals surface area contributed by atoms with Crippen molar-refractivity contribution in [2.75, 3.05) is 13.2 Å². The number of hydrogen-bond donors (Lipinski definition) is 1. The minimum Gasteiger partial charge on any atom is -0.492 e. The average molecular weight is 325 g/mol. The molecule has 0 aliphatic carbocycles. The Morgan fingerprint density at radius 3 is 2.48 bits per heavy atom. The van der Waals surface area contributed by atoms with Gasteiger partial charge in [-0.3, -0.25) is 0 Å². The lowest BCUT2D eigenvalue weighted by Crippen LogP contribution is -2.27. The number of benzene rings is 1. The van der Waals surface area contributed by atoms with Crippen LogP contribution in [-0.4, -0.2) is 21.6 Å². The van der Waals surface area contributed by atoms with Crippen LogP contribution in [0.3, 0.4) is 0 Å². The van der Waals surface area contributed by atoms with E-state index in [1.165, 1.54) is 16.9 Å². The standard InChI is InChI=1S/C15H19NO3S2/c1-11-4-6-14(10-12(11)2)19-9-8-16-21(17,18)15-7-5-13(3)20-15/h4-7,10,16H,8-9H2,1-3H3. The third-order valence-corrected chi connectivity index (χ3v) is 6.08. The van der Waals surface area contributed by atoms with Crippen molar-refractivity contribution in [3.8, 4) is 5.75 Å². The van der Waals surface area contributed by atoms with Crippen LogP contribution in [0.1, 0.15) is 16.0 Å². The first kappa shape index (κ1) is 16.0. The van der Waals surface area contributed by atoms with Gasteiger partial charge < -0.3 is 4.74 Å². The third kappa shape index (κ3) is 4.30. The number of sulfonamides is 1. The number of rotatable bonds is 6. The second kappa shape index (κ2) is 6.60. The van der Waals surface area contributed by atoms with E-state index in [2.05, 4.69) is 4.72 Å². The van der Waals surface area contributed by atoms with Crippen LogP contribution in [0.25, 0.3) is 0 Å². The van der Waals surface area contributed by atoms with Gasteiger partial charge in [0.05, 0.1) is 0 Å². The van der Waals surface area contributed by atoms with Gasteiger partial charge in [0.25, 0.3) is 0 Å². The SMILES string of the molecule is Cc1ccc(S(=O)(=O)NCCOc2ccc(C)c(C)c2)s1. The summed E-state index contributed by atoms with van der Waals surface area (Å²) >= 11 is 1.26. The van der Waals surface area contributed by atoms with Crippen LogP contribution in [0.5, 0.6) is 5.75 Å². The number of hydrogen-bond acceptors (Lipinski definition) is 4. The fourth-order valence-corrected chi connectivity index (χ4v) is 4.12. The molecule has 0 saturated carbocycles. The summed E-state index contributed by atoms with van der Waals surface area (Å²) in [5.74, 6) is 0.754. The molecule has 0 fully saturated rings. The molecule has 0 amide bonds. The van der Waals surface area contributed by atoms with Gasteiger partial charge in [-0.15, -0.1) is 11.3 Å². The zero-order chi connectivity index (χ0) is 15.5. The van der Waals surface area contributed by atoms with Gasteiger partial charge in [0, 0.05) is 11.4 Å². The highest BCUT2D eigenvalue weighted by atomic mass is 32.2. The van der Waals surface area contributed by atoms with Crippen LogP contribution in [-0.2, 0) is 10.0 Å². The molecule has 114 valence electrons. The Morgan fingerprint density at radius 1 is 1.10 bits per heavy atom. The zero-order valence-electron chi connectivity index (χ0n) is 12.3. The molecule has 2 rings (SSSR count). The van der Waals surface area contributed by atoms with Crippen molar-refractivity contribution < 1.29 is 13.2 Å². The second-order valence-corrected chi connectivity index (χ2v) is 8.14. The van der Waals surface area contributed by atoms with Gasteiger partial charge >= 0.3 is 0 Å². The van der Waals surface area contributed by atoms with Crippen LogP contribution >= 0.6 is 11.3 Å². The van der Waals surface area contributed by atoms with Crippen LogP contribution in [0.4, 0.5) is 0 Å². The first-order valence-corrected chi connectivity index (χ1v) is 8.94. The Labute approximate surface area is 129 Å². The second-order valence-electron chi connectivity index (χ2n) is 4.86. The predicted molar refractivity (Wildman–Crippen MR) is 85.7 cm³/mol. The molecule has 0 radical (unpaired) electrons. The lowest BCUT2D eigenvalue weighted by atomic mass is 10.1. The Morgan fingerprint density at radius 2 is 1.86 bits per heavy atom. The summed E-state index contributed by atoms with van der Waals surface area (Å²) in [4.78, 5) is 0.974. The van der Waals surface area contributed by atoms with Gasteiger partial charge in [-0.05, 0) is 56.2 Å². The van der Waals surface area contributed by atoms with Crippen molar-refractivity contribution >= 4 is 21.4 Å². The quantitative estimate of drug-likeness (QED) is 0.831. The van der Waals surface area contributed by atoms with Gasteiger partial charge in [0.1, 0.15) is 16.6 Å². The predicted octanol–water partition coefficient (Wildman–Crippen LogP) is 3.03. The molecule has 6 heteroatoms. The number of aryl methyl sites for hydroxylation is 3. The average Bonchev–Trinajstić information content (AvgIpc) is 2.86. The van der Waals surface area contributed by atoms with E-state index in [-0.39, 0.29) is 6.54 Å². The molecule has 0 atom stereocenters. The molecular weight excluding hydrogens is 306 g/mol. The monoisotopic (exact) mass is 325 g/mol. The molecule has 0 unspecified atom stereocenters. The highest BCUT2D eigenvalue weighted by Crippen LogP contribution is 2.20. The summed E-state index contributed by atoms with van der Waals surface area (Å²) in [5.41, 5.74) is 2.36. The summed E-state index contributed by atoms with van der Waals surface area (Å²) in [5, 5.41) is 0. The molecule has 1 aromatic heterocycles. The molecule has 1 aromatic carbocycles. The third-order valence-electron chi connectivity index (χ3n) is 3.12. The Balaban J connectivity index is 1.85. The molecule has 0 spiro atoms. The van der Waals surface area contributed by atoms with E-state index in [1.807, 2.05) is 39.0 Å². The highest BCUT2D eigenvalue weighted by Gasteiger charge is 2.15. The summed E-state index contributed by atoms with van der Waals surface area (Å²) in [7, 11) is -3.42. The smallest absolute Gasteiger partial charge is 0.250 e. The number of ether oxygens (including phenoxy) is 1. The van der Waals surface area contributed by atoms with Crippen molar-refractivity contribution in [3.63, 3.8) is 0 Å². The zero-order valence-corrected chi connectivity index (χ0v) is 14.0. The normalized spacial score (nSPS) is 11.6. The molecule has 0 aliphatic heterocycles. The van der Waals surface area contributed by atoms with E-state index in [4.69, 9.17) is 4.74 Å². The van der Waals surface area contributed by atoms with Crippen molar-refractivity contribution in [1.82, 2.24) is 4.72 Å². The number of nitrogens with one attached hydrogen (secondary N) is 1. The molecule has 0 bridgehead atoms. The lowest BCUT2D eigenvalue weighted by Gasteiger charge is -2.09. The fraction of sp³-hybridized carbons (Fsp3) is 0.333. The minimum absolute atomic E-state index is 0.242.